The molecule has 0 saturated carbocycles. The number of hydrogen-bond acceptors (Lipinski definition) is 4. The molecule has 0 bridgehead atoms. The van der Waals surface area contributed by atoms with E-state index in [0.29, 0.717) is 0 Å². The maximum Gasteiger partial charge on any atom is 0.369 e. The van der Waals surface area contributed by atoms with E-state index < -0.39 is 10.1 Å². The Labute approximate surface area is 171 Å². The molecule has 0 radical (unpaired) electrons. The number of alkyl halides is 1. The molecule has 0 spiro atoms. The van der Waals surface area contributed by atoms with Gasteiger partial charge in [0, 0.05) is 11.4 Å². The molecule has 0 aliphatic heterocycles. The molecule has 1 aromatic heterocycles. The molecule has 25 heavy (non-hydrogen) atoms. The average Bonchev–Trinajstić information content (AvgIpc) is 3.08. The number of hydrogen-bond donors (Lipinski definition) is 0. The molecule has 0 amide bonds. The highest BCUT2D eigenvalue weighted by molar-refractivity contribution is 9.08. The maximum atomic E-state index is 10.4. The molecule has 0 saturated heterocycles. The van der Waals surface area contributed by atoms with Gasteiger partial charge < -0.3 is 4.55 Å². The van der Waals surface area contributed by atoms with Crippen molar-refractivity contribution in [2.45, 2.75) is 17.1 Å². The highest BCUT2D eigenvalue weighted by atomic mass is 127. The van der Waals surface area contributed by atoms with E-state index >= 15 is 0 Å². The van der Waals surface area contributed by atoms with Gasteiger partial charge in [0.2, 0.25) is 2.88 Å². The molecule has 2 aromatic carbocycles. The number of thiophene rings is 1. The Morgan fingerprint density at radius 3 is 2.36 bits per heavy atom. The first kappa shape index (κ1) is 20.6. The Morgan fingerprint density at radius 2 is 1.80 bits per heavy atom. The average molecular weight is 551 g/mol. The third-order valence-electron chi connectivity index (χ3n) is 3.04. The van der Waals surface area contributed by atoms with Gasteiger partial charge in [-0.15, -0.1) is 0 Å². The molecule has 0 unspecified atom stereocenters. The summed E-state index contributed by atoms with van der Waals surface area (Å²) in [6, 6.07) is 19.0. The van der Waals surface area contributed by atoms with Gasteiger partial charge in [0.05, 0.1) is 4.90 Å². The van der Waals surface area contributed by atoms with Crippen LogP contribution in [0.3, 0.4) is 0 Å². The van der Waals surface area contributed by atoms with Gasteiger partial charge in [0.1, 0.15) is 10.1 Å². The van der Waals surface area contributed by atoms with Crippen LogP contribution in [0.15, 0.2) is 70.9 Å². The lowest BCUT2D eigenvalue weighted by Crippen LogP contribution is -3.61. The topological polar surface area (TPSA) is 57.2 Å². The minimum atomic E-state index is -4.27. The molecular weight excluding hydrogens is 535 g/mol. The monoisotopic (exact) mass is 550 g/mol. The molecule has 0 fully saturated rings. The summed E-state index contributed by atoms with van der Waals surface area (Å²) in [4.78, 5) is -0.178. The van der Waals surface area contributed by atoms with Crippen molar-refractivity contribution in [1.82, 2.24) is 0 Å². The zero-order chi connectivity index (χ0) is 18.3. The summed E-state index contributed by atoms with van der Waals surface area (Å²) in [5.74, 6) is 0. The molecule has 132 valence electrons. The van der Waals surface area contributed by atoms with Crippen molar-refractivity contribution in [1.29, 1.82) is 0 Å². The van der Waals surface area contributed by atoms with Crippen molar-refractivity contribution in [2.24, 2.45) is 0 Å². The minimum Gasteiger partial charge on any atom is -0.744 e. The van der Waals surface area contributed by atoms with Crippen LogP contribution in [-0.4, -0.2) is 13.0 Å². The second kappa shape index (κ2) is 9.82. The molecule has 3 rings (SSSR count). The molecule has 0 aliphatic rings. The number of aryl methyl sites for hydroxylation is 1. The number of benzene rings is 2. The third-order valence-corrected chi connectivity index (χ3v) is 8.66. The standard InChI is InChI=1S/C11H9BrIS.C7H8O3S/c12-8-9-3-1-4-10(7-9)13-11-5-2-6-14-11;1-6-2-4-7(5-3-6)11(8,9)10/h1-7H,8H2;2-5H,1H3,(H,8,9,10)/q+1;/p-1. The van der Waals surface area contributed by atoms with Crippen molar-refractivity contribution in [3.8, 4) is 0 Å². The van der Waals surface area contributed by atoms with Crippen LogP contribution in [0.2, 0.25) is 0 Å². The summed E-state index contributed by atoms with van der Waals surface area (Å²) in [5, 5.41) is 3.11. The second-order valence-corrected chi connectivity index (χ2v) is 11.6. The summed E-state index contributed by atoms with van der Waals surface area (Å²) in [5.41, 5.74) is 2.30. The van der Waals surface area contributed by atoms with Crippen LogP contribution in [0.25, 0.3) is 0 Å². The Hall–Kier alpha value is -0.740. The largest absolute Gasteiger partial charge is 0.744 e. The van der Waals surface area contributed by atoms with Crippen molar-refractivity contribution < 1.29 is 34.2 Å². The van der Waals surface area contributed by atoms with Gasteiger partial charge >= 0.3 is 21.2 Å². The fourth-order valence-electron chi connectivity index (χ4n) is 1.80. The summed E-state index contributed by atoms with van der Waals surface area (Å²) in [7, 11) is -4.27. The van der Waals surface area contributed by atoms with Crippen molar-refractivity contribution in [3.05, 3.63) is 83.6 Å². The van der Waals surface area contributed by atoms with E-state index in [9.17, 15) is 13.0 Å². The van der Waals surface area contributed by atoms with Crippen LogP contribution in [0.5, 0.6) is 0 Å². The van der Waals surface area contributed by atoms with E-state index in [1.54, 1.807) is 12.1 Å². The minimum absolute atomic E-state index is 0.0411. The first-order valence-electron chi connectivity index (χ1n) is 7.24. The van der Waals surface area contributed by atoms with Crippen LogP contribution in [0, 0.1) is 13.4 Å². The predicted octanol–water partition coefficient (Wildman–Crippen LogP) is 1.67. The molecule has 0 atom stereocenters. The molecule has 0 aliphatic carbocycles. The lowest BCUT2D eigenvalue weighted by Gasteiger charge is -2.05. The van der Waals surface area contributed by atoms with Crippen LogP contribution >= 0.6 is 27.3 Å². The zero-order valence-corrected chi connectivity index (χ0v) is 18.7. The zero-order valence-electron chi connectivity index (χ0n) is 13.4. The fourth-order valence-corrected chi connectivity index (χ4v) is 6.47. The van der Waals surface area contributed by atoms with Crippen LogP contribution in [0.4, 0.5) is 0 Å². The number of halogens is 2. The van der Waals surface area contributed by atoms with E-state index in [1.165, 1.54) is 24.2 Å². The highest BCUT2D eigenvalue weighted by Gasteiger charge is 2.16. The Kier molecular flexibility index (Phi) is 8.08. The molecule has 0 N–H and O–H groups in total. The van der Waals surface area contributed by atoms with Gasteiger partial charge in [-0.2, -0.15) is 0 Å². The molecule has 3 nitrogen and oxygen atoms in total. The van der Waals surface area contributed by atoms with Crippen molar-refractivity contribution >= 4 is 37.4 Å². The lowest BCUT2D eigenvalue weighted by atomic mass is 10.2. The Bertz CT molecular complexity index is 892. The Balaban J connectivity index is 0.000000186. The second-order valence-electron chi connectivity index (χ2n) is 5.04. The van der Waals surface area contributed by atoms with E-state index in [-0.39, 0.29) is 26.1 Å². The van der Waals surface area contributed by atoms with Crippen LogP contribution in [0.1, 0.15) is 11.1 Å². The summed E-state index contributed by atoms with van der Waals surface area (Å²) >= 11 is 5.39. The maximum absolute atomic E-state index is 10.4. The van der Waals surface area contributed by atoms with E-state index in [0.717, 1.165) is 10.9 Å². The normalized spacial score (nSPS) is 10.8. The van der Waals surface area contributed by atoms with Gasteiger partial charge in [-0.1, -0.05) is 57.1 Å². The molecular formula is C18H16BrIO3S2. The predicted molar refractivity (Wildman–Crippen MR) is 99.9 cm³/mol. The van der Waals surface area contributed by atoms with Crippen LogP contribution in [-0.2, 0) is 15.4 Å². The Morgan fingerprint density at radius 1 is 1.08 bits per heavy atom. The first-order chi connectivity index (χ1) is 11.9. The summed E-state index contributed by atoms with van der Waals surface area (Å²) in [6.45, 7) is 1.82. The molecule has 1 heterocycles. The molecule has 3 aromatic rings. The fraction of sp³-hybridized carbons (Fsp3) is 0.111. The summed E-state index contributed by atoms with van der Waals surface area (Å²) in [6.07, 6.45) is 0. The van der Waals surface area contributed by atoms with Crippen molar-refractivity contribution in [3.63, 3.8) is 0 Å². The van der Waals surface area contributed by atoms with Crippen molar-refractivity contribution in [2.75, 3.05) is 0 Å². The number of rotatable bonds is 4. The third kappa shape index (κ3) is 7.18. The van der Waals surface area contributed by atoms with Gasteiger partial charge in [-0.05, 0) is 48.2 Å². The van der Waals surface area contributed by atoms with Gasteiger partial charge in [0.15, 0.2) is 3.57 Å². The van der Waals surface area contributed by atoms with Crippen LogP contribution < -0.4 is 21.2 Å². The van der Waals surface area contributed by atoms with E-state index in [1.807, 2.05) is 18.3 Å². The van der Waals surface area contributed by atoms with E-state index in [4.69, 9.17) is 0 Å². The van der Waals surface area contributed by atoms with Gasteiger partial charge in [-0.3, -0.25) is 0 Å². The summed E-state index contributed by atoms with van der Waals surface area (Å²) < 4.78 is 34.2. The van der Waals surface area contributed by atoms with Gasteiger partial charge in [0.25, 0.3) is 0 Å². The molecule has 7 heteroatoms. The quantitative estimate of drug-likeness (QED) is 0.282. The van der Waals surface area contributed by atoms with E-state index in [2.05, 4.69) is 57.7 Å². The smallest absolute Gasteiger partial charge is 0.369 e. The lowest BCUT2D eigenvalue weighted by molar-refractivity contribution is -0.591. The first-order valence-corrected chi connectivity index (χ1v) is 12.8. The van der Waals surface area contributed by atoms with Gasteiger partial charge in [-0.25, -0.2) is 8.42 Å². The SMILES string of the molecule is BrCc1cccc([I+]c2cccs2)c1.Cc1ccc(S(=O)(=O)[O-])cc1. The highest BCUT2D eigenvalue weighted by Crippen LogP contribution is 2.08.